The number of nitrogens with zero attached hydrogens (tertiary/aromatic N) is 2. The summed E-state index contributed by atoms with van der Waals surface area (Å²) in [5.74, 6) is 0.865. The van der Waals surface area contributed by atoms with Crippen LogP contribution in [-0.4, -0.2) is 48.4 Å². The zero-order chi connectivity index (χ0) is 19.3. The Bertz CT molecular complexity index is 832. The fourth-order valence-corrected chi connectivity index (χ4v) is 6.32. The monoisotopic (exact) mass is 390 g/mol. The van der Waals surface area contributed by atoms with E-state index in [1.807, 2.05) is 12.1 Å². The molecule has 0 aromatic heterocycles. The molecule has 2 aliphatic heterocycles. The normalized spacial score (nSPS) is 29.2. The van der Waals surface area contributed by atoms with Crippen molar-refractivity contribution in [3.05, 3.63) is 35.4 Å². The van der Waals surface area contributed by atoms with E-state index in [-0.39, 0.29) is 29.7 Å². The number of benzene rings is 1. The van der Waals surface area contributed by atoms with Crippen molar-refractivity contribution in [1.82, 2.24) is 9.21 Å². The second-order valence-corrected chi connectivity index (χ2v) is 11.2. The van der Waals surface area contributed by atoms with Gasteiger partial charge in [-0.25, -0.2) is 12.7 Å². The zero-order valence-corrected chi connectivity index (χ0v) is 17.3. The van der Waals surface area contributed by atoms with Crippen molar-refractivity contribution in [2.24, 2.45) is 17.8 Å². The van der Waals surface area contributed by atoms with Crippen LogP contribution in [0.5, 0.6) is 0 Å². The van der Waals surface area contributed by atoms with Crippen molar-refractivity contribution in [3.63, 3.8) is 0 Å². The molecular formula is C21H30N2O3S. The predicted molar refractivity (Wildman–Crippen MR) is 106 cm³/mol. The summed E-state index contributed by atoms with van der Waals surface area (Å²) >= 11 is 0. The predicted octanol–water partition coefficient (Wildman–Crippen LogP) is 2.96. The van der Waals surface area contributed by atoms with Crippen molar-refractivity contribution in [3.8, 4) is 0 Å². The van der Waals surface area contributed by atoms with E-state index in [1.54, 1.807) is 18.2 Å². The van der Waals surface area contributed by atoms with Crippen molar-refractivity contribution in [2.45, 2.75) is 51.3 Å². The van der Waals surface area contributed by atoms with E-state index in [0.29, 0.717) is 19.6 Å². The number of aryl methyl sites for hydroxylation is 1. The van der Waals surface area contributed by atoms with Crippen LogP contribution in [0.3, 0.4) is 0 Å². The average Bonchev–Trinajstić information content (AvgIpc) is 3.12. The van der Waals surface area contributed by atoms with E-state index < -0.39 is 15.3 Å². The number of fused-ring (bicyclic) bond motifs is 1. The molecule has 1 aliphatic carbocycles. The summed E-state index contributed by atoms with van der Waals surface area (Å²) in [6.07, 6.45) is 3.14. The summed E-state index contributed by atoms with van der Waals surface area (Å²) in [5.41, 5.74) is 2.36. The zero-order valence-electron chi connectivity index (χ0n) is 16.5. The van der Waals surface area contributed by atoms with E-state index in [9.17, 15) is 13.2 Å². The molecule has 3 fully saturated rings. The van der Waals surface area contributed by atoms with E-state index in [2.05, 4.69) is 24.0 Å². The molecule has 2 saturated heterocycles. The largest absolute Gasteiger partial charge is 0.335 e. The van der Waals surface area contributed by atoms with Gasteiger partial charge in [0.15, 0.2) is 0 Å². The second-order valence-electron chi connectivity index (χ2n) is 8.75. The fraction of sp³-hybridized carbons (Fsp3) is 0.667. The summed E-state index contributed by atoms with van der Waals surface area (Å²) in [7, 11) is -3.25. The summed E-state index contributed by atoms with van der Waals surface area (Å²) in [4.78, 5) is 15.2. The van der Waals surface area contributed by atoms with Crippen molar-refractivity contribution >= 4 is 15.9 Å². The highest BCUT2D eigenvalue weighted by atomic mass is 32.2. The molecule has 5 nitrogen and oxygen atoms in total. The van der Waals surface area contributed by atoms with Crippen LogP contribution < -0.4 is 0 Å². The van der Waals surface area contributed by atoms with Gasteiger partial charge in [-0.1, -0.05) is 30.7 Å². The number of hydrogen-bond donors (Lipinski definition) is 0. The third-order valence-corrected chi connectivity index (χ3v) is 9.04. The lowest BCUT2D eigenvalue weighted by molar-refractivity contribution is -0.139. The Balaban J connectivity index is 1.66. The van der Waals surface area contributed by atoms with Gasteiger partial charge in [0.05, 0.1) is 11.3 Å². The third-order valence-electron chi connectivity index (χ3n) is 6.83. The van der Waals surface area contributed by atoms with Crippen molar-refractivity contribution < 1.29 is 13.2 Å². The van der Waals surface area contributed by atoms with Crippen LogP contribution in [0.1, 0.15) is 50.3 Å². The maximum Gasteiger partial charge on any atom is 0.226 e. The molecule has 0 bridgehead atoms. The number of amides is 1. The molecule has 1 saturated carbocycles. The first-order valence-electron chi connectivity index (χ1n) is 10.2. The Morgan fingerprint density at radius 1 is 1.11 bits per heavy atom. The minimum atomic E-state index is -3.25. The molecule has 27 heavy (non-hydrogen) atoms. The van der Waals surface area contributed by atoms with Crippen LogP contribution in [0.2, 0.25) is 0 Å². The molecule has 4 rings (SSSR count). The van der Waals surface area contributed by atoms with Crippen molar-refractivity contribution in [2.75, 3.05) is 19.6 Å². The molecule has 1 amide bonds. The van der Waals surface area contributed by atoms with Gasteiger partial charge in [0, 0.05) is 31.5 Å². The fourth-order valence-electron chi connectivity index (χ4n) is 4.94. The summed E-state index contributed by atoms with van der Waals surface area (Å²) < 4.78 is 27.1. The Morgan fingerprint density at radius 3 is 2.41 bits per heavy atom. The lowest BCUT2D eigenvalue weighted by atomic mass is 9.83. The molecule has 0 unspecified atom stereocenters. The smallest absolute Gasteiger partial charge is 0.226 e. The molecule has 0 spiro atoms. The first-order chi connectivity index (χ1) is 12.8. The molecule has 1 aromatic rings. The Kier molecular flexibility index (Phi) is 4.83. The Labute approximate surface area is 162 Å². The van der Waals surface area contributed by atoms with Crippen LogP contribution in [-0.2, 0) is 14.8 Å². The number of sulfonamides is 1. The topological polar surface area (TPSA) is 57.7 Å². The van der Waals surface area contributed by atoms with E-state index >= 15 is 0 Å². The quantitative estimate of drug-likeness (QED) is 0.794. The van der Waals surface area contributed by atoms with Gasteiger partial charge in [-0.15, -0.1) is 0 Å². The van der Waals surface area contributed by atoms with Crippen LogP contribution in [0, 0.1) is 24.7 Å². The molecule has 0 radical (unpaired) electrons. The minimum absolute atomic E-state index is 0.00309. The van der Waals surface area contributed by atoms with Gasteiger partial charge < -0.3 is 4.90 Å². The number of carbonyl (C=O) groups excluding carboxylic acids is 1. The van der Waals surface area contributed by atoms with E-state index in [4.69, 9.17) is 0 Å². The van der Waals surface area contributed by atoms with Crippen LogP contribution in [0.4, 0.5) is 0 Å². The maximum atomic E-state index is 13.1. The van der Waals surface area contributed by atoms with Crippen LogP contribution in [0.15, 0.2) is 24.3 Å². The highest BCUT2D eigenvalue weighted by Crippen LogP contribution is 2.48. The van der Waals surface area contributed by atoms with Gasteiger partial charge in [0.2, 0.25) is 15.9 Å². The number of rotatable bonds is 4. The second kappa shape index (κ2) is 6.89. The summed E-state index contributed by atoms with van der Waals surface area (Å²) in [6.45, 7) is 7.33. The standard InChI is InChI=1S/C21H30N2O3S/c1-14(2)27(25,26)22-11-17-12-23(21(24)16-8-6-9-16)20(19(17)13-22)18-10-5-4-7-15(18)3/h4-5,7,10,14,16-17,19-20H,6,8-9,11-13H2,1-3H3/t17-,19-,20+/m0/s1. The highest BCUT2D eigenvalue weighted by Gasteiger charge is 2.52. The van der Waals surface area contributed by atoms with Gasteiger partial charge in [-0.05, 0) is 50.7 Å². The van der Waals surface area contributed by atoms with Gasteiger partial charge in [-0.2, -0.15) is 0 Å². The van der Waals surface area contributed by atoms with Gasteiger partial charge in [-0.3, -0.25) is 4.79 Å². The molecule has 1 aromatic carbocycles. The molecule has 3 atom stereocenters. The number of carbonyl (C=O) groups is 1. The van der Waals surface area contributed by atoms with Crippen molar-refractivity contribution in [1.29, 1.82) is 0 Å². The molecular weight excluding hydrogens is 360 g/mol. The molecule has 2 heterocycles. The maximum absolute atomic E-state index is 13.1. The lowest BCUT2D eigenvalue weighted by Gasteiger charge is -2.35. The minimum Gasteiger partial charge on any atom is -0.335 e. The highest BCUT2D eigenvalue weighted by molar-refractivity contribution is 7.89. The third kappa shape index (κ3) is 3.11. The van der Waals surface area contributed by atoms with Gasteiger partial charge in [0.25, 0.3) is 0 Å². The summed E-state index contributed by atoms with van der Waals surface area (Å²) in [6, 6.07) is 8.25. The molecule has 0 N–H and O–H groups in total. The van der Waals surface area contributed by atoms with Crippen LogP contribution >= 0.6 is 0 Å². The average molecular weight is 391 g/mol. The van der Waals surface area contributed by atoms with E-state index in [0.717, 1.165) is 19.3 Å². The lowest BCUT2D eigenvalue weighted by Crippen LogP contribution is -2.42. The Hall–Kier alpha value is -1.40. The Morgan fingerprint density at radius 2 is 1.81 bits per heavy atom. The number of hydrogen-bond acceptors (Lipinski definition) is 3. The van der Waals surface area contributed by atoms with Gasteiger partial charge in [0.1, 0.15) is 0 Å². The SMILES string of the molecule is Cc1ccccc1[C@@H]1[C@H]2CN(S(=O)(=O)C(C)C)C[C@H]2CN1C(=O)C1CCC1. The first-order valence-corrected chi connectivity index (χ1v) is 11.7. The van der Waals surface area contributed by atoms with Crippen LogP contribution in [0.25, 0.3) is 0 Å². The molecule has 148 valence electrons. The number of likely N-dealkylation sites (tertiary alicyclic amines) is 1. The summed E-state index contributed by atoms with van der Waals surface area (Å²) in [5, 5.41) is -0.402. The van der Waals surface area contributed by atoms with E-state index in [1.165, 1.54) is 11.1 Å². The van der Waals surface area contributed by atoms with Gasteiger partial charge >= 0.3 is 0 Å². The molecule has 6 heteroatoms. The first kappa shape index (κ1) is 18.9. The molecule has 3 aliphatic rings.